The van der Waals surface area contributed by atoms with Gasteiger partial charge in [0.05, 0.1) is 17.8 Å². The second-order valence-corrected chi connectivity index (χ2v) is 7.30. The fourth-order valence-corrected chi connectivity index (χ4v) is 3.57. The molecule has 4 rings (SSSR count). The van der Waals surface area contributed by atoms with Crippen molar-refractivity contribution in [2.45, 2.75) is 26.6 Å². The molecule has 2 aromatic heterocycles. The van der Waals surface area contributed by atoms with Crippen molar-refractivity contribution >= 4 is 28.4 Å². The predicted octanol–water partition coefficient (Wildman–Crippen LogP) is 1.97. The molecule has 2 heterocycles. The predicted molar refractivity (Wildman–Crippen MR) is 121 cm³/mol. The van der Waals surface area contributed by atoms with Gasteiger partial charge in [0, 0.05) is 24.4 Å². The van der Waals surface area contributed by atoms with Crippen molar-refractivity contribution in [1.29, 1.82) is 0 Å². The van der Waals surface area contributed by atoms with Crippen molar-refractivity contribution in [2.24, 2.45) is 0 Å². The maximum Gasteiger partial charge on any atom is 0.333 e. The van der Waals surface area contributed by atoms with E-state index in [0.29, 0.717) is 6.54 Å². The standard InChI is InChI=1S/C22H20N6O5/c1-2-25-14-23-20-19(25)21(30)27(22(31)26(20)12-15-7-4-3-5-8-15)13-18(29)24-16-9-6-10-17(11-16)28(32)33/h3-11,14H,2,12-13H2,1H3,(H,24,29). The summed E-state index contributed by atoms with van der Waals surface area (Å²) in [5.41, 5.74) is -0.0184. The number of amides is 1. The number of benzene rings is 2. The van der Waals surface area contributed by atoms with Gasteiger partial charge in [0.15, 0.2) is 11.2 Å². The van der Waals surface area contributed by atoms with E-state index in [1.807, 2.05) is 37.3 Å². The fourth-order valence-electron chi connectivity index (χ4n) is 3.57. The molecule has 0 unspecified atom stereocenters. The van der Waals surface area contributed by atoms with Gasteiger partial charge in [0.2, 0.25) is 5.91 Å². The minimum Gasteiger partial charge on any atom is -0.325 e. The minimum absolute atomic E-state index is 0.170. The number of hydrogen-bond donors (Lipinski definition) is 1. The molecule has 0 radical (unpaired) electrons. The number of nitrogens with one attached hydrogen (secondary N) is 1. The zero-order chi connectivity index (χ0) is 23.5. The van der Waals surface area contributed by atoms with Gasteiger partial charge in [-0.1, -0.05) is 36.4 Å². The molecule has 0 fully saturated rings. The van der Waals surface area contributed by atoms with Crippen molar-refractivity contribution < 1.29 is 9.72 Å². The second kappa shape index (κ2) is 8.91. The number of hydrogen-bond acceptors (Lipinski definition) is 6. The van der Waals surface area contributed by atoms with Crippen molar-refractivity contribution in [3.05, 3.63) is 97.4 Å². The molecule has 0 aliphatic carbocycles. The van der Waals surface area contributed by atoms with Crippen LogP contribution in [0.3, 0.4) is 0 Å². The summed E-state index contributed by atoms with van der Waals surface area (Å²) in [7, 11) is 0. The number of non-ortho nitro benzene ring substituents is 1. The number of anilines is 1. The number of aromatic nitrogens is 4. The highest BCUT2D eigenvalue weighted by Crippen LogP contribution is 2.17. The van der Waals surface area contributed by atoms with Crippen LogP contribution in [0.2, 0.25) is 0 Å². The van der Waals surface area contributed by atoms with Crippen LogP contribution < -0.4 is 16.6 Å². The monoisotopic (exact) mass is 448 g/mol. The molecule has 0 bridgehead atoms. The lowest BCUT2D eigenvalue weighted by Crippen LogP contribution is -2.43. The Balaban J connectivity index is 1.74. The lowest BCUT2D eigenvalue weighted by Gasteiger charge is -2.13. The molecular weight excluding hydrogens is 428 g/mol. The quantitative estimate of drug-likeness (QED) is 0.339. The summed E-state index contributed by atoms with van der Waals surface area (Å²) in [4.78, 5) is 53.7. The highest BCUT2D eigenvalue weighted by atomic mass is 16.6. The molecule has 4 aromatic rings. The largest absolute Gasteiger partial charge is 0.333 e. The van der Waals surface area contributed by atoms with Crippen molar-refractivity contribution in [2.75, 3.05) is 5.32 Å². The molecule has 0 spiro atoms. The minimum atomic E-state index is -0.674. The number of nitro groups is 1. The van der Waals surface area contributed by atoms with Gasteiger partial charge in [-0.2, -0.15) is 0 Å². The van der Waals surface area contributed by atoms with Gasteiger partial charge in [-0.3, -0.25) is 24.3 Å². The molecular formula is C22H20N6O5. The number of aryl methyl sites for hydroxylation is 1. The SMILES string of the molecule is CCn1cnc2c1c(=O)n(CC(=O)Nc1cccc([N+](=O)[O-])c1)c(=O)n2Cc1ccccc1. The average molecular weight is 448 g/mol. The molecule has 0 saturated heterocycles. The summed E-state index contributed by atoms with van der Waals surface area (Å²) >= 11 is 0. The second-order valence-electron chi connectivity index (χ2n) is 7.30. The van der Waals surface area contributed by atoms with Crippen LogP contribution in [0, 0.1) is 10.1 Å². The van der Waals surface area contributed by atoms with Crippen LogP contribution in [0.1, 0.15) is 12.5 Å². The Kier molecular flexibility index (Phi) is 5.85. The molecule has 1 amide bonds. The summed E-state index contributed by atoms with van der Waals surface area (Å²) in [5, 5.41) is 13.5. The van der Waals surface area contributed by atoms with E-state index in [-0.39, 0.29) is 29.1 Å². The van der Waals surface area contributed by atoms with Gasteiger partial charge < -0.3 is 9.88 Å². The lowest BCUT2D eigenvalue weighted by atomic mass is 10.2. The first kappa shape index (κ1) is 21.7. The number of carbonyl (C=O) groups is 1. The molecule has 0 aliphatic rings. The molecule has 2 aromatic carbocycles. The van der Waals surface area contributed by atoms with Crippen LogP contribution in [0.5, 0.6) is 0 Å². The van der Waals surface area contributed by atoms with Gasteiger partial charge in [0.1, 0.15) is 6.54 Å². The Hall–Kier alpha value is -4.54. The van der Waals surface area contributed by atoms with Crippen LogP contribution in [0.15, 0.2) is 70.5 Å². The summed E-state index contributed by atoms with van der Waals surface area (Å²) in [5.74, 6) is -0.664. The first-order valence-corrected chi connectivity index (χ1v) is 10.2. The zero-order valence-electron chi connectivity index (χ0n) is 17.7. The smallest absolute Gasteiger partial charge is 0.325 e. The summed E-state index contributed by atoms with van der Waals surface area (Å²) < 4.78 is 3.83. The van der Waals surface area contributed by atoms with Crippen LogP contribution >= 0.6 is 0 Å². The van der Waals surface area contributed by atoms with E-state index in [9.17, 15) is 24.5 Å². The summed E-state index contributed by atoms with van der Waals surface area (Å²) in [6.45, 7) is 1.91. The molecule has 0 atom stereocenters. The van der Waals surface area contributed by atoms with E-state index in [1.54, 1.807) is 4.57 Å². The molecule has 1 N–H and O–H groups in total. The molecule has 0 saturated carbocycles. The van der Waals surface area contributed by atoms with Gasteiger partial charge in [0.25, 0.3) is 11.2 Å². The summed E-state index contributed by atoms with van der Waals surface area (Å²) in [6, 6.07) is 14.6. The molecule has 168 valence electrons. The van der Waals surface area contributed by atoms with Crippen LogP contribution in [0.25, 0.3) is 11.2 Å². The van der Waals surface area contributed by atoms with Crippen molar-refractivity contribution in [1.82, 2.24) is 18.7 Å². The van der Waals surface area contributed by atoms with Crippen LogP contribution in [-0.4, -0.2) is 29.5 Å². The number of carbonyl (C=O) groups excluding carboxylic acids is 1. The summed E-state index contributed by atoms with van der Waals surface area (Å²) in [6.07, 6.45) is 1.49. The Morgan fingerprint density at radius 2 is 1.85 bits per heavy atom. The zero-order valence-corrected chi connectivity index (χ0v) is 17.7. The van der Waals surface area contributed by atoms with Gasteiger partial charge in [-0.25, -0.2) is 14.3 Å². The van der Waals surface area contributed by atoms with Gasteiger partial charge in [-0.15, -0.1) is 0 Å². The van der Waals surface area contributed by atoms with Crippen LogP contribution in [0.4, 0.5) is 11.4 Å². The van der Waals surface area contributed by atoms with Crippen LogP contribution in [-0.2, 0) is 24.4 Å². The van der Waals surface area contributed by atoms with Gasteiger partial charge in [-0.05, 0) is 18.6 Å². The van der Waals surface area contributed by atoms with E-state index in [0.717, 1.165) is 10.1 Å². The Morgan fingerprint density at radius 3 is 2.55 bits per heavy atom. The average Bonchev–Trinajstić information content (AvgIpc) is 3.24. The van der Waals surface area contributed by atoms with E-state index >= 15 is 0 Å². The number of nitrogens with zero attached hydrogens (tertiary/aromatic N) is 5. The molecule has 11 nitrogen and oxygen atoms in total. The Morgan fingerprint density at radius 1 is 1.09 bits per heavy atom. The maximum absolute atomic E-state index is 13.2. The highest BCUT2D eigenvalue weighted by molar-refractivity contribution is 5.91. The number of fused-ring (bicyclic) bond motifs is 1. The highest BCUT2D eigenvalue weighted by Gasteiger charge is 2.20. The molecule has 0 aliphatic heterocycles. The van der Waals surface area contributed by atoms with Gasteiger partial charge >= 0.3 is 5.69 Å². The maximum atomic E-state index is 13.2. The third-order valence-corrected chi connectivity index (χ3v) is 5.15. The van der Waals surface area contributed by atoms with E-state index in [4.69, 9.17) is 0 Å². The Bertz CT molecular complexity index is 1470. The number of nitro benzene ring substituents is 1. The van der Waals surface area contributed by atoms with Crippen molar-refractivity contribution in [3.63, 3.8) is 0 Å². The van der Waals surface area contributed by atoms with Crippen molar-refractivity contribution in [3.8, 4) is 0 Å². The normalized spacial score (nSPS) is 10.9. The molecule has 11 heteroatoms. The van der Waals surface area contributed by atoms with E-state index in [2.05, 4.69) is 10.3 Å². The third-order valence-electron chi connectivity index (χ3n) is 5.15. The number of rotatable bonds is 7. The first-order chi connectivity index (χ1) is 15.9. The first-order valence-electron chi connectivity index (χ1n) is 10.2. The molecule has 33 heavy (non-hydrogen) atoms. The lowest BCUT2D eigenvalue weighted by molar-refractivity contribution is -0.384. The van der Waals surface area contributed by atoms with E-state index in [1.165, 1.54) is 35.2 Å². The number of imidazole rings is 1. The third kappa shape index (κ3) is 4.28. The fraction of sp³-hybridized carbons (Fsp3) is 0.182. The van der Waals surface area contributed by atoms with E-state index < -0.39 is 28.6 Å². The topological polar surface area (TPSA) is 134 Å². The Labute approximate surface area is 186 Å².